The van der Waals surface area contributed by atoms with Crippen LogP contribution in [0.2, 0.25) is 0 Å². The van der Waals surface area contributed by atoms with Gasteiger partial charge in [0.05, 0.1) is 7.11 Å². The minimum Gasteiger partial charge on any atom is -0.491 e. The Hall–Kier alpha value is -3.44. The number of methoxy groups -OCH3 is 1. The molecular weight excluding hydrogens is 419 g/mol. The number of alkyl halides is 3. The van der Waals surface area contributed by atoms with Crippen LogP contribution in [-0.2, 0) is 11.3 Å². The van der Waals surface area contributed by atoms with Crippen LogP contribution in [0.1, 0.15) is 34.6 Å². The molecule has 0 aromatic carbocycles. The van der Waals surface area contributed by atoms with Crippen LogP contribution in [-0.4, -0.2) is 46.7 Å². The average molecular weight is 439 g/mol. The fraction of sp³-hybridized carbons (Fsp3) is 0.421. The van der Waals surface area contributed by atoms with Crippen LogP contribution in [0.3, 0.4) is 0 Å². The number of ether oxygens (including phenoxy) is 2. The Bertz CT molecular complexity index is 980. The molecule has 31 heavy (non-hydrogen) atoms. The van der Waals surface area contributed by atoms with Crippen LogP contribution in [0.25, 0.3) is 0 Å². The van der Waals surface area contributed by atoms with Crippen molar-refractivity contribution in [1.29, 1.82) is 0 Å². The Kier molecular flexibility index (Phi) is 6.56. The van der Waals surface area contributed by atoms with Gasteiger partial charge in [-0.15, -0.1) is 0 Å². The van der Waals surface area contributed by atoms with Gasteiger partial charge in [0.15, 0.2) is 12.4 Å². The number of hydrogen-bond acceptors (Lipinski definition) is 7. The van der Waals surface area contributed by atoms with Crippen LogP contribution >= 0.6 is 0 Å². The molecule has 2 aromatic heterocycles. The number of rotatable bonds is 8. The highest BCUT2D eigenvalue weighted by molar-refractivity contribution is 5.95. The van der Waals surface area contributed by atoms with Gasteiger partial charge in [-0.25, -0.2) is 15.0 Å². The fourth-order valence-electron chi connectivity index (χ4n) is 2.55. The molecule has 0 saturated heterocycles. The number of halogens is 3. The van der Waals surface area contributed by atoms with Crippen molar-refractivity contribution in [2.45, 2.75) is 32.5 Å². The molecule has 9 nitrogen and oxygen atoms in total. The maximum Gasteiger partial charge on any atom is 0.422 e. The summed E-state index contributed by atoms with van der Waals surface area (Å²) >= 11 is 0. The van der Waals surface area contributed by atoms with E-state index < -0.39 is 18.7 Å². The lowest BCUT2D eigenvalue weighted by Gasteiger charge is -2.13. The normalized spacial score (nSPS) is 13.5. The van der Waals surface area contributed by atoms with Gasteiger partial charge in [-0.2, -0.15) is 13.2 Å². The Morgan fingerprint density at radius 3 is 2.61 bits per heavy atom. The first-order valence-electron chi connectivity index (χ1n) is 9.32. The molecule has 0 bridgehead atoms. The second-order valence-electron chi connectivity index (χ2n) is 6.92. The van der Waals surface area contributed by atoms with Crippen molar-refractivity contribution < 1.29 is 32.2 Å². The van der Waals surface area contributed by atoms with Gasteiger partial charge in [-0.3, -0.25) is 14.9 Å². The van der Waals surface area contributed by atoms with E-state index in [2.05, 4.69) is 30.3 Å². The highest BCUT2D eigenvalue weighted by atomic mass is 19.4. The molecule has 0 unspecified atom stereocenters. The van der Waals surface area contributed by atoms with Gasteiger partial charge >= 0.3 is 6.18 Å². The lowest BCUT2D eigenvalue weighted by Crippen LogP contribution is -2.25. The van der Waals surface area contributed by atoms with Crippen molar-refractivity contribution in [3.8, 4) is 11.6 Å². The topological polar surface area (TPSA) is 115 Å². The molecule has 2 amide bonds. The summed E-state index contributed by atoms with van der Waals surface area (Å²) in [5.41, 5.74) is 1.03. The van der Waals surface area contributed by atoms with Crippen molar-refractivity contribution >= 4 is 17.8 Å². The molecular formula is C19H20F3N5O4. The van der Waals surface area contributed by atoms with Gasteiger partial charge in [0.1, 0.15) is 5.69 Å². The molecule has 3 rings (SSSR count). The molecule has 2 heterocycles. The quantitative estimate of drug-likeness (QED) is 0.649. The number of nitrogens with zero attached hydrogens (tertiary/aromatic N) is 3. The van der Waals surface area contributed by atoms with Gasteiger partial charge in [-0.1, -0.05) is 0 Å². The number of hydrogen-bond donors (Lipinski definition) is 2. The first kappa shape index (κ1) is 22.2. The highest BCUT2D eigenvalue weighted by Gasteiger charge is 2.30. The maximum absolute atomic E-state index is 12.5. The third kappa shape index (κ3) is 6.52. The van der Waals surface area contributed by atoms with Gasteiger partial charge < -0.3 is 14.8 Å². The third-order valence-corrected chi connectivity index (χ3v) is 4.19. The van der Waals surface area contributed by atoms with E-state index >= 15 is 0 Å². The third-order valence-electron chi connectivity index (χ3n) is 4.19. The fourth-order valence-corrected chi connectivity index (χ4v) is 2.55. The van der Waals surface area contributed by atoms with Crippen LogP contribution in [0.4, 0.5) is 19.1 Å². The van der Waals surface area contributed by atoms with E-state index in [9.17, 15) is 22.8 Å². The number of aryl methyl sites for hydroxylation is 1. The second-order valence-corrected chi connectivity index (χ2v) is 6.92. The number of amides is 2. The number of aromatic nitrogens is 3. The van der Waals surface area contributed by atoms with Crippen LogP contribution in [0, 0.1) is 12.8 Å². The lowest BCUT2D eigenvalue weighted by atomic mass is 10.2. The summed E-state index contributed by atoms with van der Waals surface area (Å²) in [4.78, 5) is 36.3. The monoisotopic (exact) mass is 439 g/mol. The SMILES string of the molecule is COc1cc(CNC(=O)c2cc(C)nc(NC(=O)C3CC3)n2)cnc1OCC(F)(F)F. The summed E-state index contributed by atoms with van der Waals surface area (Å²) in [6.45, 7) is 0.174. The van der Waals surface area contributed by atoms with E-state index in [0.717, 1.165) is 12.8 Å². The summed E-state index contributed by atoms with van der Waals surface area (Å²) in [6.07, 6.45) is -1.60. The Balaban J connectivity index is 1.63. The van der Waals surface area contributed by atoms with Crippen molar-refractivity contribution in [3.63, 3.8) is 0 Å². The average Bonchev–Trinajstić information content (AvgIpc) is 3.55. The van der Waals surface area contributed by atoms with Crippen LogP contribution < -0.4 is 20.1 Å². The number of anilines is 1. The summed E-state index contributed by atoms with van der Waals surface area (Å²) in [7, 11) is 1.26. The number of pyridine rings is 1. The summed E-state index contributed by atoms with van der Waals surface area (Å²) < 4.78 is 46.6. The molecule has 166 valence electrons. The Morgan fingerprint density at radius 2 is 1.97 bits per heavy atom. The molecule has 0 radical (unpaired) electrons. The smallest absolute Gasteiger partial charge is 0.422 e. The van der Waals surface area contributed by atoms with E-state index in [4.69, 9.17) is 4.74 Å². The van der Waals surface area contributed by atoms with Gasteiger partial charge in [-0.05, 0) is 37.5 Å². The van der Waals surface area contributed by atoms with E-state index in [1.165, 1.54) is 25.4 Å². The van der Waals surface area contributed by atoms with Crippen molar-refractivity contribution in [3.05, 3.63) is 35.3 Å². The molecule has 1 aliphatic rings. The number of carbonyl (C=O) groups excluding carboxylic acids is 2. The summed E-state index contributed by atoms with van der Waals surface area (Å²) in [5.74, 6) is -0.994. The minimum atomic E-state index is -4.51. The van der Waals surface area contributed by atoms with Crippen molar-refractivity contribution in [2.24, 2.45) is 5.92 Å². The standard InChI is InChI=1S/C19H20F3N5O4/c1-10-5-13(26-18(25-10)27-15(28)12-3-4-12)16(29)23-7-11-6-14(30-2)17(24-8-11)31-9-19(20,21)22/h5-6,8,12H,3-4,7,9H2,1-2H3,(H,23,29)(H,25,26,27,28). The molecule has 0 aliphatic heterocycles. The Labute approximate surface area is 175 Å². The lowest BCUT2D eigenvalue weighted by molar-refractivity contribution is -0.154. The molecule has 1 fully saturated rings. The number of nitrogens with one attached hydrogen (secondary N) is 2. The van der Waals surface area contributed by atoms with Crippen molar-refractivity contribution in [1.82, 2.24) is 20.3 Å². The molecule has 2 aromatic rings. The van der Waals surface area contributed by atoms with Crippen LogP contribution in [0.15, 0.2) is 18.3 Å². The Morgan fingerprint density at radius 1 is 1.23 bits per heavy atom. The molecule has 1 saturated carbocycles. The zero-order valence-electron chi connectivity index (χ0n) is 16.7. The van der Waals surface area contributed by atoms with E-state index in [0.29, 0.717) is 11.3 Å². The van der Waals surface area contributed by atoms with Crippen molar-refractivity contribution in [2.75, 3.05) is 19.0 Å². The predicted molar refractivity (Wildman–Crippen MR) is 102 cm³/mol. The highest BCUT2D eigenvalue weighted by Crippen LogP contribution is 2.30. The minimum absolute atomic E-state index is 0.000968. The van der Waals surface area contributed by atoms with Crippen LogP contribution in [0.5, 0.6) is 11.6 Å². The molecule has 0 spiro atoms. The zero-order valence-corrected chi connectivity index (χ0v) is 16.7. The molecule has 0 atom stereocenters. The van der Waals surface area contributed by atoms with Gasteiger partial charge in [0.25, 0.3) is 11.8 Å². The maximum atomic E-state index is 12.5. The first-order chi connectivity index (χ1) is 14.6. The largest absolute Gasteiger partial charge is 0.491 e. The second kappa shape index (κ2) is 9.14. The van der Waals surface area contributed by atoms with E-state index in [1.807, 2.05) is 0 Å². The number of carbonyl (C=O) groups is 2. The van der Waals surface area contributed by atoms with Gasteiger partial charge in [0, 0.05) is 24.4 Å². The predicted octanol–water partition coefficient (Wildman–Crippen LogP) is 2.41. The summed E-state index contributed by atoms with van der Waals surface area (Å²) in [6, 6.07) is 2.88. The summed E-state index contributed by atoms with van der Waals surface area (Å²) in [5, 5.41) is 5.22. The molecule has 1 aliphatic carbocycles. The molecule has 2 N–H and O–H groups in total. The first-order valence-corrected chi connectivity index (χ1v) is 9.32. The molecule has 12 heteroatoms. The van der Waals surface area contributed by atoms with Gasteiger partial charge in [0.2, 0.25) is 11.9 Å². The zero-order chi connectivity index (χ0) is 22.6. The van der Waals surface area contributed by atoms with E-state index in [1.54, 1.807) is 6.92 Å². The van der Waals surface area contributed by atoms with E-state index in [-0.39, 0.29) is 41.6 Å².